The van der Waals surface area contributed by atoms with E-state index in [9.17, 15) is 9.18 Å². The van der Waals surface area contributed by atoms with Crippen LogP contribution in [0.4, 0.5) is 4.39 Å². The summed E-state index contributed by atoms with van der Waals surface area (Å²) in [4.78, 5) is 14.4. The third-order valence-corrected chi connectivity index (χ3v) is 4.81. The van der Waals surface area contributed by atoms with E-state index in [0.717, 1.165) is 24.2 Å². The van der Waals surface area contributed by atoms with Gasteiger partial charge in [0, 0.05) is 11.0 Å². The fourth-order valence-corrected chi connectivity index (χ4v) is 3.39. The van der Waals surface area contributed by atoms with Gasteiger partial charge in [-0.3, -0.25) is 4.79 Å². The van der Waals surface area contributed by atoms with Crippen LogP contribution < -0.4 is 9.47 Å². The average Bonchev–Trinajstić information content (AvgIpc) is 3.10. The minimum atomic E-state index is -0.490. The van der Waals surface area contributed by atoms with Gasteiger partial charge in [-0.1, -0.05) is 28.1 Å². The van der Waals surface area contributed by atoms with Gasteiger partial charge in [-0.15, -0.1) is 0 Å². The summed E-state index contributed by atoms with van der Waals surface area (Å²) in [6.45, 7) is 0.507. The third kappa shape index (κ3) is 4.12. The number of hydrogen-bond donors (Lipinski definition) is 0. The molecule has 1 heterocycles. The predicted octanol–water partition coefficient (Wildman–Crippen LogP) is 4.34. The number of ether oxygens (including phenoxy) is 2. The Kier molecular flexibility index (Phi) is 5.58. The zero-order valence-electron chi connectivity index (χ0n) is 13.9. The van der Waals surface area contributed by atoms with Crippen molar-refractivity contribution in [1.82, 2.24) is 4.90 Å². The molecule has 4 nitrogen and oxygen atoms in total. The van der Waals surface area contributed by atoms with E-state index in [1.165, 1.54) is 12.1 Å². The second-order valence-electron chi connectivity index (χ2n) is 5.88. The summed E-state index contributed by atoms with van der Waals surface area (Å²) in [5, 5.41) is 0. The molecular weight excluding hydrogens is 389 g/mol. The summed E-state index contributed by atoms with van der Waals surface area (Å²) < 4.78 is 25.0. The van der Waals surface area contributed by atoms with Gasteiger partial charge in [0.2, 0.25) is 0 Å². The van der Waals surface area contributed by atoms with E-state index in [0.29, 0.717) is 11.0 Å². The molecule has 0 aromatic heterocycles. The van der Waals surface area contributed by atoms with Crippen LogP contribution in [0.3, 0.4) is 0 Å². The zero-order chi connectivity index (χ0) is 17.8. The Balaban J connectivity index is 1.65. The first-order chi connectivity index (χ1) is 12.1. The minimum absolute atomic E-state index is 0.0248. The van der Waals surface area contributed by atoms with Crippen LogP contribution in [0.1, 0.15) is 24.4 Å². The van der Waals surface area contributed by atoms with Crippen LogP contribution in [0.25, 0.3) is 0 Å². The highest BCUT2D eigenvalue weighted by atomic mass is 79.9. The standard InChI is InChI=1S/C19H19BrFNO3/c1-24-15-7-4-13(5-8-15)17-3-2-10-22(17)19(23)12-25-18-9-6-14(20)11-16(18)21/h4-9,11,17H,2-3,10,12H2,1H3/t17-/m1/s1. The van der Waals surface area contributed by atoms with E-state index in [1.807, 2.05) is 24.3 Å². The van der Waals surface area contributed by atoms with Crippen LogP contribution >= 0.6 is 15.9 Å². The first-order valence-electron chi connectivity index (χ1n) is 8.10. The van der Waals surface area contributed by atoms with Gasteiger partial charge in [0.1, 0.15) is 5.75 Å². The number of likely N-dealkylation sites (tertiary alicyclic amines) is 1. The van der Waals surface area contributed by atoms with E-state index >= 15 is 0 Å². The van der Waals surface area contributed by atoms with Gasteiger partial charge in [-0.05, 0) is 48.7 Å². The normalized spacial score (nSPS) is 16.8. The second-order valence-corrected chi connectivity index (χ2v) is 6.80. The number of amides is 1. The molecule has 2 aromatic rings. The molecule has 132 valence electrons. The quantitative estimate of drug-likeness (QED) is 0.739. The molecule has 1 saturated heterocycles. The van der Waals surface area contributed by atoms with Crippen LogP contribution in [-0.4, -0.2) is 31.1 Å². The Labute approximate surface area is 154 Å². The zero-order valence-corrected chi connectivity index (χ0v) is 15.5. The predicted molar refractivity (Wildman–Crippen MR) is 96.3 cm³/mol. The monoisotopic (exact) mass is 407 g/mol. The Morgan fingerprint density at radius 3 is 2.72 bits per heavy atom. The number of carbonyl (C=O) groups excluding carboxylic acids is 1. The lowest BCUT2D eigenvalue weighted by molar-refractivity contribution is -0.134. The smallest absolute Gasteiger partial charge is 0.261 e. The number of halogens is 2. The molecule has 0 saturated carbocycles. The average molecular weight is 408 g/mol. The summed E-state index contributed by atoms with van der Waals surface area (Å²) in [6, 6.07) is 12.3. The molecule has 1 fully saturated rings. The van der Waals surface area contributed by atoms with E-state index < -0.39 is 5.82 Å². The molecule has 1 aliphatic heterocycles. The maximum absolute atomic E-state index is 13.8. The van der Waals surface area contributed by atoms with Crippen molar-refractivity contribution >= 4 is 21.8 Å². The van der Waals surface area contributed by atoms with Crippen molar-refractivity contribution in [3.8, 4) is 11.5 Å². The highest BCUT2D eigenvalue weighted by molar-refractivity contribution is 9.10. The molecular formula is C19H19BrFNO3. The van der Waals surface area contributed by atoms with Crippen molar-refractivity contribution in [2.75, 3.05) is 20.3 Å². The van der Waals surface area contributed by atoms with E-state index in [4.69, 9.17) is 9.47 Å². The Hall–Kier alpha value is -2.08. The number of methoxy groups -OCH3 is 1. The molecule has 0 unspecified atom stereocenters. The molecule has 3 rings (SSSR count). The molecule has 6 heteroatoms. The number of benzene rings is 2. The minimum Gasteiger partial charge on any atom is -0.497 e. The second kappa shape index (κ2) is 7.87. The van der Waals surface area contributed by atoms with Crippen LogP contribution in [0.2, 0.25) is 0 Å². The molecule has 25 heavy (non-hydrogen) atoms. The first kappa shape index (κ1) is 17.7. The molecule has 1 amide bonds. The molecule has 1 atom stereocenters. The SMILES string of the molecule is COc1ccc([C@H]2CCCN2C(=O)COc2ccc(Br)cc2F)cc1. The van der Waals surface area contributed by atoms with Crippen LogP contribution in [0.5, 0.6) is 11.5 Å². The van der Waals surface area contributed by atoms with E-state index in [1.54, 1.807) is 18.1 Å². The van der Waals surface area contributed by atoms with Gasteiger partial charge in [-0.25, -0.2) is 4.39 Å². The molecule has 0 spiro atoms. The van der Waals surface area contributed by atoms with Crippen LogP contribution in [0.15, 0.2) is 46.9 Å². The molecule has 2 aromatic carbocycles. The van der Waals surface area contributed by atoms with E-state index in [-0.39, 0.29) is 24.3 Å². The highest BCUT2D eigenvalue weighted by Crippen LogP contribution is 2.33. The number of nitrogens with zero attached hydrogens (tertiary/aromatic N) is 1. The van der Waals surface area contributed by atoms with E-state index in [2.05, 4.69) is 15.9 Å². The maximum Gasteiger partial charge on any atom is 0.261 e. The van der Waals surface area contributed by atoms with Gasteiger partial charge in [0.15, 0.2) is 18.2 Å². The van der Waals surface area contributed by atoms with Crippen molar-refractivity contribution in [3.63, 3.8) is 0 Å². The molecule has 1 aliphatic rings. The van der Waals surface area contributed by atoms with Gasteiger partial charge in [0.05, 0.1) is 13.2 Å². The summed E-state index contributed by atoms with van der Waals surface area (Å²) in [5.41, 5.74) is 1.07. The van der Waals surface area contributed by atoms with Gasteiger partial charge in [0.25, 0.3) is 5.91 Å². The topological polar surface area (TPSA) is 38.8 Å². The summed E-state index contributed by atoms with van der Waals surface area (Å²) in [7, 11) is 1.62. The third-order valence-electron chi connectivity index (χ3n) is 4.32. The molecule has 0 aliphatic carbocycles. The van der Waals surface area contributed by atoms with Crippen molar-refractivity contribution < 1.29 is 18.7 Å². The molecule has 0 radical (unpaired) electrons. The molecule has 0 bridgehead atoms. The fraction of sp³-hybridized carbons (Fsp3) is 0.316. The molecule has 0 N–H and O–H groups in total. The Morgan fingerprint density at radius 2 is 2.04 bits per heavy atom. The van der Waals surface area contributed by atoms with Crippen molar-refractivity contribution in [2.24, 2.45) is 0 Å². The van der Waals surface area contributed by atoms with Gasteiger partial charge >= 0.3 is 0 Å². The fourth-order valence-electron chi connectivity index (χ4n) is 3.05. The maximum atomic E-state index is 13.8. The first-order valence-corrected chi connectivity index (χ1v) is 8.89. The number of rotatable bonds is 5. The lowest BCUT2D eigenvalue weighted by atomic mass is 10.0. The van der Waals surface area contributed by atoms with Crippen LogP contribution in [-0.2, 0) is 4.79 Å². The van der Waals surface area contributed by atoms with Crippen LogP contribution in [0, 0.1) is 5.82 Å². The Bertz CT molecular complexity index is 751. The largest absolute Gasteiger partial charge is 0.497 e. The van der Waals surface area contributed by atoms with Gasteiger partial charge < -0.3 is 14.4 Å². The summed E-state index contributed by atoms with van der Waals surface area (Å²) >= 11 is 3.19. The number of hydrogen-bond acceptors (Lipinski definition) is 3. The van der Waals surface area contributed by atoms with Crippen molar-refractivity contribution in [3.05, 3.63) is 58.3 Å². The summed E-state index contributed by atoms with van der Waals surface area (Å²) in [5.74, 6) is 0.237. The summed E-state index contributed by atoms with van der Waals surface area (Å²) in [6.07, 6.45) is 1.85. The Morgan fingerprint density at radius 1 is 1.28 bits per heavy atom. The lowest BCUT2D eigenvalue weighted by Gasteiger charge is -2.25. The highest BCUT2D eigenvalue weighted by Gasteiger charge is 2.30. The van der Waals surface area contributed by atoms with Crippen molar-refractivity contribution in [2.45, 2.75) is 18.9 Å². The van der Waals surface area contributed by atoms with Gasteiger partial charge in [-0.2, -0.15) is 0 Å². The van der Waals surface area contributed by atoms with Crippen molar-refractivity contribution in [1.29, 1.82) is 0 Å². The lowest BCUT2D eigenvalue weighted by Crippen LogP contribution is -2.34. The number of carbonyl (C=O) groups is 1.